The Morgan fingerprint density at radius 3 is 2.47 bits per heavy atom. The molecule has 1 atom stereocenters. The van der Waals surface area contributed by atoms with Gasteiger partial charge >= 0.3 is 0 Å². The van der Waals surface area contributed by atoms with Crippen LogP contribution in [0.5, 0.6) is 0 Å². The average molecular weight is 488 g/mol. The lowest BCUT2D eigenvalue weighted by Crippen LogP contribution is -2.62. The van der Waals surface area contributed by atoms with E-state index in [-0.39, 0.29) is 18.2 Å². The molecule has 2 amide bonds. The minimum Gasteiger partial charge on any atom is -0.450 e. The summed E-state index contributed by atoms with van der Waals surface area (Å²) >= 11 is 0. The molecule has 1 radical (unpaired) electrons. The van der Waals surface area contributed by atoms with Crippen molar-refractivity contribution in [2.75, 3.05) is 6.54 Å². The molecule has 1 fully saturated rings. The number of fused-ring (bicyclic) bond motifs is 1. The van der Waals surface area contributed by atoms with Crippen LogP contribution in [0.2, 0.25) is 0 Å². The minimum atomic E-state index is -1.50. The van der Waals surface area contributed by atoms with Crippen molar-refractivity contribution in [3.63, 3.8) is 0 Å². The lowest BCUT2D eigenvalue weighted by Gasteiger charge is -2.45. The summed E-state index contributed by atoms with van der Waals surface area (Å²) in [6, 6.07) is 15.3. The Bertz CT molecular complexity index is 1350. The SMILES string of the molecule is CCC(C)(C(=O)NCc1ccccc1C)N(CC1(F)CCC1)C(=O)c1oc2ccccc2c1C1=C[CH]1. The number of amides is 2. The van der Waals surface area contributed by atoms with E-state index in [9.17, 15) is 9.59 Å². The van der Waals surface area contributed by atoms with Gasteiger partial charge in [-0.15, -0.1) is 0 Å². The molecule has 0 bridgehead atoms. The molecule has 1 saturated carbocycles. The van der Waals surface area contributed by atoms with Gasteiger partial charge in [-0.3, -0.25) is 9.59 Å². The number of aryl methyl sites for hydroxylation is 1. The first-order valence-electron chi connectivity index (χ1n) is 12.7. The molecule has 2 aliphatic carbocycles. The summed E-state index contributed by atoms with van der Waals surface area (Å²) in [6.45, 7) is 5.77. The Balaban J connectivity index is 1.51. The van der Waals surface area contributed by atoms with Crippen molar-refractivity contribution >= 4 is 28.4 Å². The van der Waals surface area contributed by atoms with E-state index in [1.54, 1.807) is 6.92 Å². The molecular formula is C30H32FN2O3. The lowest BCUT2D eigenvalue weighted by atomic mass is 9.80. The van der Waals surface area contributed by atoms with E-state index in [2.05, 4.69) is 5.32 Å². The van der Waals surface area contributed by atoms with Crippen molar-refractivity contribution in [1.82, 2.24) is 10.2 Å². The summed E-state index contributed by atoms with van der Waals surface area (Å²) in [5, 5.41) is 3.85. The second-order valence-corrected chi connectivity index (χ2v) is 10.2. The molecule has 1 unspecified atom stereocenters. The number of hydrogen-bond acceptors (Lipinski definition) is 3. The predicted molar refractivity (Wildman–Crippen MR) is 139 cm³/mol. The molecule has 6 heteroatoms. The quantitative estimate of drug-likeness (QED) is 0.393. The molecule has 1 aromatic heterocycles. The number of halogens is 1. The number of benzene rings is 2. The number of para-hydroxylation sites is 1. The molecular weight excluding hydrogens is 455 g/mol. The molecule has 1 heterocycles. The summed E-state index contributed by atoms with van der Waals surface area (Å²) < 4.78 is 21.6. The van der Waals surface area contributed by atoms with Crippen molar-refractivity contribution in [3.8, 4) is 0 Å². The highest BCUT2D eigenvalue weighted by atomic mass is 19.1. The van der Waals surface area contributed by atoms with Crippen LogP contribution in [0.3, 0.4) is 0 Å². The molecule has 2 aliphatic rings. The standard InChI is InChI=1S/C30H32FN2O3/c1-4-29(3,28(35)32-18-22-11-6-5-10-20(22)2)33(19-30(31)16-9-17-30)27(34)26-25(21-14-15-21)23-12-7-8-13-24(23)36-26/h5-8,10-15H,4,9,16-19H2,1-3H3,(H,32,35). The number of furan rings is 1. The maximum Gasteiger partial charge on any atom is 0.291 e. The maximum atomic E-state index is 15.6. The Morgan fingerprint density at radius 1 is 1.14 bits per heavy atom. The van der Waals surface area contributed by atoms with E-state index in [1.165, 1.54) is 4.90 Å². The van der Waals surface area contributed by atoms with E-state index in [0.29, 0.717) is 37.0 Å². The van der Waals surface area contributed by atoms with Gasteiger partial charge in [-0.25, -0.2) is 4.39 Å². The third kappa shape index (κ3) is 4.34. The summed E-state index contributed by atoms with van der Waals surface area (Å²) in [6.07, 6.45) is 5.72. The molecule has 0 aliphatic heterocycles. The van der Waals surface area contributed by atoms with Gasteiger partial charge in [0.25, 0.3) is 5.91 Å². The zero-order valence-corrected chi connectivity index (χ0v) is 21.1. The third-order valence-corrected chi connectivity index (χ3v) is 7.82. The number of nitrogens with one attached hydrogen (secondary N) is 1. The van der Waals surface area contributed by atoms with Crippen molar-refractivity contribution in [3.05, 3.63) is 83.5 Å². The molecule has 5 nitrogen and oxygen atoms in total. The van der Waals surface area contributed by atoms with Crippen LogP contribution < -0.4 is 5.32 Å². The molecule has 2 aromatic carbocycles. The highest BCUT2D eigenvalue weighted by Gasteiger charge is 2.49. The minimum absolute atomic E-state index is 0.146. The molecule has 0 saturated heterocycles. The number of nitrogens with zero attached hydrogens (tertiary/aromatic N) is 1. The van der Waals surface area contributed by atoms with Gasteiger partial charge in [0.05, 0.1) is 6.54 Å². The first kappa shape index (κ1) is 24.3. The van der Waals surface area contributed by atoms with Gasteiger partial charge < -0.3 is 14.6 Å². The van der Waals surface area contributed by atoms with Gasteiger partial charge in [0.1, 0.15) is 16.8 Å². The fourth-order valence-corrected chi connectivity index (χ4v) is 4.93. The Kier molecular flexibility index (Phi) is 6.23. The van der Waals surface area contributed by atoms with Gasteiger partial charge in [-0.05, 0) is 62.3 Å². The van der Waals surface area contributed by atoms with Crippen molar-refractivity contribution in [2.24, 2.45) is 0 Å². The van der Waals surface area contributed by atoms with Crippen LogP contribution >= 0.6 is 0 Å². The third-order valence-electron chi connectivity index (χ3n) is 7.82. The molecule has 5 rings (SSSR count). The van der Waals surface area contributed by atoms with Gasteiger partial charge in [0, 0.05) is 23.9 Å². The second-order valence-electron chi connectivity index (χ2n) is 10.2. The summed E-state index contributed by atoms with van der Waals surface area (Å²) in [4.78, 5) is 29.3. The van der Waals surface area contributed by atoms with E-state index < -0.39 is 17.1 Å². The summed E-state index contributed by atoms with van der Waals surface area (Å²) in [5.41, 5.74) is 1.54. The van der Waals surface area contributed by atoms with E-state index in [0.717, 1.165) is 28.5 Å². The Labute approximate surface area is 211 Å². The van der Waals surface area contributed by atoms with Crippen molar-refractivity contribution in [1.29, 1.82) is 0 Å². The normalized spacial score (nSPS) is 17.6. The van der Waals surface area contributed by atoms with Gasteiger partial charge in [0.15, 0.2) is 5.76 Å². The zero-order chi connectivity index (χ0) is 25.5. The van der Waals surface area contributed by atoms with Gasteiger partial charge in [0.2, 0.25) is 5.91 Å². The highest BCUT2D eigenvalue weighted by molar-refractivity contribution is 6.10. The number of carbonyl (C=O) groups excluding carboxylic acids is 2. The van der Waals surface area contributed by atoms with E-state index >= 15 is 4.39 Å². The van der Waals surface area contributed by atoms with Crippen molar-refractivity contribution < 1.29 is 18.4 Å². The number of alkyl halides is 1. The summed E-state index contributed by atoms with van der Waals surface area (Å²) in [5.74, 6) is -0.605. The van der Waals surface area contributed by atoms with Gasteiger partial charge in [-0.1, -0.05) is 55.5 Å². The number of hydrogen-bond donors (Lipinski definition) is 1. The second kappa shape index (κ2) is 9.23. The average Bonchev–Trinajstić information content (AvgIpc) is 3.63. The molecule has 0 spiro atoms. The molecule has 36 heavy (non-hydrogen) atoms. The zero-order valence-electron chi connectivity index (χ0n) is 21.1. The van der Waals surface area contributed by atoms with Crippen LogP contribution in [0.25, 0.3) is 16.5 Å². The lowest BCUT2D eigenvalue weighted by molar-refractivity contribution is -0.133. The smallest absolute Gasteiger partial charge is 0.291 e. The Morgan fingerprint density at radius 2 is 1.83 bits per heavy atom. The van der Waals surface area contributed by atoms with Crippen LogP contribution in [0.1, 0.15) is 66.8 Å². The predicted octanol–water partition coefficient (Wildman–Crippen LogP) is 6.16. The highest BCUT2D eigenvalue weighted by Crippen LogP contribution is 2.42. The largest absolute Gasteiger partial charge is 0.450 e. The van der Waals surface area contributed by atoms with Gasteiger partial charge in [-0.2, -0.15) is 0 Å². The first-order valence-corrected chi connectivity index (χ1v) is 12.7. The fraction of sp³-hybridized carbons (Fsp3) is 0.367. The van der Waals surface area contributed by atoms with Crippen molar-refractivity contribution in [2.45, 2.75) is 64.2 Å². The van der Waals surface area contributed by atoms with Crippen LogP contribution in [0.4, 0.5) is 4.39 Å². The first-order chi connectivity index (χ1) is 17.3. The molecule has 1 N–H and O–H groups in total. The maximum absolute atomic E-state index is 15.6. The number of carbonyl (C=O) groups is 2. The topological polar surface area (TPSA) is 62.6 Å². The van der Waals surface area contributed by atoms with E-state index in [4.69, 9.17) is 4.42 Å². The van der Waals surface area contributed by atoms with Crippen LogP contribution in [-0.4, -0.2) is 34.5 Å². The van der Waals surface area contributed by atoms with Crippen LogP contribution in [0, 0.1) is 13.3 Å². The molecule has 3 aromatic rings. The number of rotatable bonds is 9. The van der Waals surface area contributed by atoms with E-state index in [1.807, 2.05) is 74.9 Å². The molecule has 187 valence electrons. The van der Waals surface area contributed by atoms with Crippen LogP contribution in [0.15, 0.2) is 59.0 Å². The number of allylic oxidation sites excluding steroid dienone is 2. The monoisotopic (exact) mass is 487 g/mol. The summed E-state index contributed by atoms with van der Waals surface area (Å²) in [7, 11) is 0. The Hall–Kier alpha value is -3.41. The van der Waals surface area contributed by atoms with Crippen LogP contribution in [-0.2, 0) is 11.3 Å². The fourth-order valence-electron chi connectivity index (χ4n) is 4.93.